The molecule has 1 aromatic carbocycles. The van der Waals surface area contributed by atoms with Crippen molar-refractivity contribution < 1.29 is 13.7 Å². The average molecular weight is 283 g/mol. The van der Waals surface area contributed by atoms with Gasteiger partial charge in [-0.05, 0) is 19.1 Å². The van der Waals surface area contributed by atoms with Crippen molar-refractivity contribution in [3.05, 3.63) is 46.3 Å². The van der Waals surface area contributed by atoms with Crippen LogP contribution in [0.5, 0.6) is 0 Å². The second-order valence-electron chi connectivity index (χ2n) is 4.18. The topological polar surface area (TPSA) is 56.0 Å². The van der Waals surface area contributed by atoms with E-state index in [1.165, 1.54) is 19.1 Å². The van der Waals surface area contributed by atoms with Gasteiger partial charge in [0, 0.05) is 29.8 Å². The van der Waals surface area contributed by atoms with Crippen molar-refractivity contribution in [3.63, 3.8) is 0 Å². The minimum Gasteiger partial charge on any atom is -0.339 e. The van der Waals surface area contributed by atoms with Crippen LogP contribution < -0.4 is 0 Å². The maximum absolute atomic E-state index is 13.6. The van der Waals surface area contributed by atoms with Crippen molar-refractivity contribution in [1.29, 1.82) is 0 Å². The molecule has 19 heavy (non-hydrogen) atoms. The molecule has 1 heterocycles. The molecule has 0 spiro atoms. The Bertz CT molecular complexity index is 578. The number of halogens is 2. The van der Waals surface area contributed by atoms with Gasteiger partial charge >= 0.3 is 0 Å². The zero-order valence-electron chi connectivity index (χ0n) is 10.3. The van der Waals surface area contributed by atoms with Gasteiger partial charge in [-0.2, -0.15) is 4.98 Å². The first-order chi connectivity index (χ1) is 9.06. The van der Waals surface area contributed by atoms with Gasteiger partial charge in [-0.15, -0.1) is 0 Å². The Morgan fingerprint density at radius 1 is 1.47 bits per heavy atom. The van der Waals surface area contributed by atoms with Crippen molar-refractivity contribution in [1.82, 2.24) is 10.1 Å². The van der Waals surface area contributed by atoms with Crippen LogP contribution in [0.2, 0.25) is 5.02 Å². The zero-order valence-corrected chi connectivity index (χ0v) is 11.1. The molecule has 2 aromatic rings. The smallest absolute Gasteiger partial charge is 0.227 e. The highest BCUT2D eigenvalue weighted by atomic mass is 35.5. The van der Waals surface area contributed by atoms with Crippen LogP contribution in [0.15, 0.2) is 22.7 Å². The standard InChI is InChI=1S/C13H12ClFN2O2/c1-8(18)5-6-13-16-12(17-19-13)7-9-10(14)3-2-4-11(9)15/h2-4H,5-7H2,1H3. The Labute approximate surface area is 114 Å². The summed E-state index contributed by atoms with van der Waals surface area (Å²) in [7, 11) is 0. The van der Waals surface area contributed by atoms with Gasteiger partial charge in [0.15, 0.2) is 5.82 Å². The minimum absolute atomic E-state index is 0.0527. The van der Waals surface area contributed by atoms with Crippen LogP contribution >= 0.6 is 11.6 Å². The number of ketones is 1. The minimum atomic E-state index is -0.400. The molecule has 0 saturated heterocycles. The number of hydrogen-bond acceptors (Lipinski definition) is 4. The van der Waals surface area contributed by atoms with E-state index in [1.807, 2.05) is 0 Å². The molecule has 0 fully saturated rings. The van der Waals surface area contributed by atoms with E-state index in [2.05, 4.69) is 10.1 Å². The van der Waals surface area contributed by atoms with Gasteiger partial charge in [0.05, 0.1) is 0 Å². The first-order valence-corrected chi connectivity index (χ1v) is 6.18. The Morgan fingerprint density at radius 2 is 2.26 bits per heavy atom. The molecule has 1 aromatic heterocycles. The molecule has 0 aliphatic heterocycles. The largest absolute Gasteiger partial charge is 0.339 e. The van der Waals surface area contributed by atoms with Gasteiger partial charge in [-0.1, -0.05) is 22.8 Å². The van der Waals surface area contributed by atoms with Crippen LogP contribution in [0.4, 0.5) is 4.39 Å². The SMILES string of the molecule is CC(=O)CCc1nc(Cc2c(F)cccc2Cl)no1. The summed E-state index contributed by atoms with van der Waals surface area (Å²) in [6.07, 6.45) is 0.907. The van der Waals surface area contributed by atoms with Crippen molar-refractivity contribution in [2.75, 3.05) is 0 Å². The fraction of sp³-hybridized carbons (Fsp3) is 0.308. The summed E-state index contributed by atoms with van der Waals surface area (Å²) >= 11 is 5.92. The van der Waals surface area contributed by atoms with E-state index in [4.69, 9.17) is 16.1 Å². The second-order valence-corrected chi connectivity index (χ2v) is 4.59. The summed E-state index contributed by atoms with van der Waals surface area (Å²) in [5.41, 5.74) is 0.336. The molecule has 0 bridgehead atoms. The molecule has 0 N–H and O–H groups in total. The Balaban J connectivity index is 2.09. The first-order valence-electron chi connectivity index (χ1n) is 5.80. The second kappa shape index (κ2) is 5.93. The number of carbonyl (C=O) groups is 1. The summed E-state index contributed by atoms with van der Waals surface area (Å²) in [5, 5.41) is 4.08. The zero-order chi connectivity index (χ0) is 13.8. The Morgan fingerprint density at radius 3 is 2.95 bits per heavy atom. The highest BCUT2D eigenvalue weighted by molar-refractivity contribution is 6.31. The van der Waals surface area contributed by atoms with Crippen molar-refractivity contribution >= 4 is 17.4 Å². The number of nitrogens with zero attached hydrogens (tertiary/aromatic N) is 2. The maximum atomic E-state index is 13.6. The third-order valence-electron chi connectivity index (χ3n) is 2.60. The van der Waals surface area contributed by atoms with E-state index in [-0.39, 0.29) is 12.2 Å². The molecule has 4 nitrogen and oxygen atoms in total. The van der Waals surface area contributed by atoms with E-state index < -0.39 is 5.82 Å². The number of hydrogen-bond donors (Lipinski definition) is 0. The molecular weight excluding hydrogens is 271 g/mol. The van der Waals surface area contributed by atoms with Crippen molar-refractivity contribution in [2.24, 2.45) is 0 Å². The Kier molecular flexibility index (Phi) is 4.27. The van der Waals surface area contributed by atoms with Gasteiger partial charge in [-0.25, -0.2) is 4.39 Å². The number of aromatic nitrogens is 2. The lowest BCUT2D eigenvalue weighted by Gasteiger charge is -2.01. The highest BCUT2D eigenvalue weighted by Crippen LogP contribution is 2.21. The Hall–Kier alpha value is -1.75. The van der Waals surface area contributed by atoms with Crippen molar-refractivity contribution in [3.8, 4) is 0 Å². The molecule has 2 rings (SSSR count). The number of rotatable bonds is 5. The van der Waals surface area contributed by atoms with E-state index >= 15 is 0 Å². The van der Waals surface area contributed by atoms with Crippen LogP contribution in [-0.2, 0) is 17.6 Å². The molecule has 0 radical (unpaired) electrons. The third-order valence-corrected chi connectivity index (χ3v) is 2.95. The normalized spacial score (nSPS) is 10.7. The van der Waals surface area contributed by atoms with Crippen molar-refractivity contribution in [2.45, 2.75) is 26.2 Å². The van der Waals surface area contributed by atoms with Gasteiger partial charge in [-0.3, -0.25) is 0 Å². The quantitative estimate of drug-likeness (QED) is 0.846. The average Bonchev–Trinajstić information content (AvgIpc) is 2.79. The number of aryl methyl sites for hydroxylation is 1. The van der Waals surface area contributed by atoms with E-state index in [9.17, 15) is 9.18 Å². The first kappa shape index (κ1) is 13.7. The van der Waals surface area contributed by atoms with Gasteiger partial charge < -0.3 is 9.32 Å². The fourth-order valence-electron chi connectivity index (χ4n) is 1.61. The van der Waals surface area contributed by atoms with E-state index in [0.717, 1.165) is 0 Å². The number of carbonyl (C=O) groups excluding carboxylic acids is 1. The number of benzene rings is 1. The summed E-state index contributed by atoms with van der Waals surface area (Å²) in [6, 6.07) is 4.48. The van der Waals surface area contributed by atoms with Crippen LogP contribution in [-0.4, -0.2) is 15.9 Å². The molecule has 0 aliphatic rings. The molecule has 100 valence electrons. The molecule has 0 atom stereocenters. The van der Waals surface area contributed by atoms with Crippen LogP contribution in [0.3, 0.4) is 0 Å². The molecular formula is C13H12ClFN2O2. The van der Waals surface area contributed by atoms with Gasteiger partial charge in [0.25, 0.3) is 0 Å². The van der Waals surface area contributed by atoms with Gasteiger partial charge in [0.2, 0.25) is 5.89 Å². The maximum Gasteiger partial charge on any atom is 0.227 e. The van der Waals surface area contributed by atoms with E-state index in [0.29, 0.717) is 35.1 Å². The summed E-state index contributed by atoms with van der Waals surface area (Å²) < 4.78 is 18.6. The highest BCUT2D eigenvalue weighted by Gasteiger charge is 2.13. The molecule has 0 aliphatic carbocycles. The monoisotopic (exact) mass is 282 g/mol. The predicted molar refractivity (Wildman–Crippen MR) is 67.5 cm³/mol. The number of Topliss-reactive ketones (excluding diaryl/α,β-unsaturated/α-hetero) is 1. The molecule has 0 unspecified atom stereocenters. The summed E-state index contributed by atoms with van der Waals surface area (Å²) in [5.74, 6) is 0.377. The lowest BCUT2D eigenvalue weighted by Crippen LogP contribution is -1.97. The van der Waals surface area contributed by atoms with E-state index in [1.54, 1.807) is 6.07 Å². The molecule has 6 heteroatoms. The van der Waals surface area contributed by atoms with Crippen LogP contribution in [0.25, 0.3) is 0 Å². The summed E-state index contributed by atoms with van der Waals surface area (Å²) in [6.45, 7) is 1.50. The fourth-order valence-corrected chi connectivity index (χ4v) is 1.84. The lowest BCUT2D eigenvalue weighted by molar-refractivity contribution is -0.117. The van der Waals surface area contributed by atoms with Gasteiger partial charge in [0.1, 0.15) is 11.6 Å². The predicted octanol–water partition coefficient (Wildman–Crippen LogP) is 2.97. The molecule has 0 amide bonds. The lowest BCUT2D eigenvalue weighted by atomic mass is 10.1. The van der Waals surface area contributed by atoms with Crippen LogP contribution in [0.1, 0.15) is 30.6 Å². The molecule has 0 saturated carbocycles. The van der Waals surface area contributed by atoms with Crippen LogP contribution in [0, 0.1) is 5.82 Å². The summed E-state index contributed by atoms with van der Waals surface area (Å²) in [4.78, 5) is 15.0. The third kappa shape index (κ3) is 3.61.